The van der Waals surface area contributed by atoms with Gasteiger partial charge >= 0.3 is 0 Å². The molecule has 0 aromatic rings. The van der Waals surface area contributed by atoms with Crippen molar-refractivity contribution in [3.05, 3.63) is 0 Å². The van der Waals surface area contributed by atoms with Crippen LogP contribution in [0.5, 0.6) is 0 Å². The van der Waals surface area contributed by atoms with Crippen LogP contribution in [0.15, 0.2) is 0 Å². The fourth-order valence-corrected chi connectivity index (χ4v) is 4.22. The number of ketones is 1. The topological polar surface area (TPSA) is 20.3 Å². The quantitative estimate of drug-likeness (QED) is 0.757. The smallest absolute Gasteiger partial charge is 0.142 e. The number of hydrogen-bond acceptors (Lipinski definition) is 3. The Balaban J connectivity index is 1.91. The largest absolute Gasteiger partial charge is 0.301 e. The third-order valence-electron chi connectivity index (χ3n) is 4.20. The highest BCUT2D eigenvalue weighted by atomic mass is 32.2. The Morgan fingerprint density at radius 1 is 1.47 bits per heavy atom. The van der Waals surface area contributed by atoms with Gasteiger partial charge < -0.3 is 4.90 Å². The van der Waals surface area contributed by atoms with Crippen LogP contribution in [-0.2, 0) is 4.79 Å². The highest BCUT2D eigenvalue weighted by Gasteiger charge is 2.38. The minimum atomic E-state index is -0.0704. The Kier molecular flexibility index (Phi) is 4.19. The Morgan fingerprint density at radius 2 is 2.24 bits per heavy atom. The molecule has 1 heterocycles. The molecule has 98 valence electrons. The normalized spacial score (nSPS) is 34.9. The summed E-state index contributed by atoms with van der Waals surface area (Å²) in [6.45, 7) is 9.87. The van der Waals surface area contributed by atoms with Gasteiger partial charge in [0.15, 0.2) is 0 Å². The van der Waals surface area contributed by atoms with Gasteiger partial charge in [0, 0.05) is 42.0 Å². The summed E-state index contributed by atoms with van der Waals surface area (Å²) in [4.78, 5) is 14.9. The number of carbonyl (C=O) groups is 1. The van der Waals surface area contributed by atoms with Gasteiger partial charge in [0.2, 0.25) is 0 Å². The number of Topliss-reactive ketones (excluding diaryl/α,β-unsaturated/α-hetero) is 1. The molecule has 17 heavy (non-hydrogen) atoms. The van der Waals surface area contributed by atoms with Gasteiger partial charge in [-0.2, -0.15) is 11.8 Å². The predicted molar refractivity (Wildman–Crippen MR) is 74.5 cm³/mol. The van der Waals surface area contributed by atoms with Gasteiger partial charge in [0.25, 0.3) is 0 Å². The number of thioether (sulfide) groups is 1. The molecule has 0 aromatic carbocycles. The molecule has 3 heteroatoms. The van der Waals surface area contributed by atoms with Crippen molar-refractivity contribution < 1.29 is 4.79 Å². The molecule has 2 rings (SSSR count). The van der Waals surface area contributed by atoms with Gasteiger partial charge in [-0.15, -0.1) is 0 Å². The van der Waals surface area contributed by atoms with Crippen LogP contribution in [0.2, 0.25) is 0 Å². The zero-order valence-corrected chi connectivity index (χ0v) is 12.2. The molecule has 0 spiro atoms. The summed E-state index contributed by atoms with van der Waals surface area (Å²) in [6, 6.07) is 0. The Bertz CT molecular complexity index is 290. The van der Waals surface area contributed by atoms with E-state index in [9.17, 15) is 4.79 Å². The maximum Gasteiger partial charge on any atom is 0.142 e. The van der Waals surface area contributed by atoms with Crippen molar-refractivity contribution in [3.8, 4) is 0 Å². The van der Waals surface area contributed by atoms with Gasteiger partial charge in [0.05, 0.1) is 0 Å². The average Bonchev–Trinajstić information content (AvgIpc) is 2.25. The number of hydrogen-bond donors (Lipinski definition) is 0. The maximum atomic E-state index is 12.4. The number of nitrogens with zero attached hydrogens (tertiary/aromatic N) is 1. The molecule has 0 N–H and O–H groups in total. The van der Waals surface area contributed by atoms with Gasteiger partial charge in [-0.3, -0.25) is 4.79 Å². The second-order valence-electron chi connectivity index (χ2n) is 6.28. The van der Waals surface area contributed by atoms with Crippen LogP contribution >= 0.6 is 11.8 Å². The Labute approximate surface area is 110 Å². The molecular weight excluding hydrogens is 230 g/mol. The molecule has 2 fully saturated rings. The van der Waals surface area contributed by atoms with Crippen LogP contribution in [-0.4, -0.2) is 41.3 Å². The SMILES string of the molecule is CC1CN(CC2CCCC(C)(C)C2=O)CCS1. The van der Waals surface area contributed by atoms with Gasteiger partial charge in [0.1, 0.15) is 5.78 Å². The van der Waals surface area contributed by atoms with Crippen molar-refractivity contribution in [3.63, 3.8) is 0 Å². The fourth-order valence-electron chi connectivity index (χ4n) is 3.14. The first-order chi connectivity index (χ1) is 7.99. The van der Waals surface area contributed by atoms with Crippen molar-refractivity contribution >= 4 is 17.5 Å². The van der Waals surface area contributed by atoms with Crippen LogP contribution in [0, 0.1) is 11.3 Å². The van der Waals surface area contributed by atoms with E-state index in [0.717, 1.165) is 31.2 Å². The van der Waals surface area contributed by atoms with Crippen molar-refractivity contribution in [2.24, 2.45) is 11.3 Å². The third-order valence-corrected chi connectivity index (χ3v) is 5.33. The van der Waals surface area contributed by atoms with Gasteiger partial charge in [-0.25, -0.2) is 0 Å². The highest BCUT2D eigenvalue weighted by Crippen LogP contribution is 2.36. The van der Waals surface area contributed by atoms with Crippen molar-refractivity contribution in [1.29, 1.82) is 0 Å². The summed E-state index contributed by atoms with van der Waals surface area (Å²) in [6.07, 6.45) is 3.41. The first-order valence-electron chi connectivity index (χ1n) is 6.87. The lowest BCUT2D eigenvalue weighted by Crippen LogP contribution is -2.45. The second-order valence-corrected chi connectivity index (χ2v) is 7.82. The van der Waals surface area contributed by atoms with Crippen molar-refractivity contribution in [2.75, 3.05) is 25.4 Å². The van der Waals surface area contributed by atoms with E-state index < -0.39 is 0 Å². The van der Waals surface area contributed by atoms with E-state index in [1.165, 1.54) is 18.7 Å². The van der Waals surface area contributed by atoms with E-state index in [4.69, 9.17) is 0 Å². The van der Waals surface area contributed by atoms with Crippen LogP contribution < -0.4 is 0 Å². The van der Waals surface area contributed by atoms with Crippen molar-refractivity contribution in [2.45, 2.75) is 45.3 Å². The van der Waals surface area contributed by atoms with E-state index >= 15 is 0 Å². The molecule has 1 aliphatic carbocycles. The third kappa shape index (κ3) is 3.25. The number of rotatable bonds is 2. The summed E-state index contributed by atoms with van der Waals surface area (Å²) in [7, 11) is 0. The Morgan fingerprint density at radius 3 is 2.94 bits per heavy atom. The molecule has 1 saturated heterocycles. The minimum Gasteiger partial charge on any atom is -0.301 e. The molecule has 1 aliphatic heterocycles. The standard InChI is InChI=1S/C14H25NOS/c1-11-9-15(7-8-17-11)10-12-5-4-6-14(2,3)13(12)16/h11-12H,4-10H2,1-3H3. The monoisotopic (exact) mass is 255 g/mol. The summed E-state index contributed by atoms with van der Waals surface area (Å²) in [5.41, 5.74) is -0.0704. The van der Waals surface area contributed by atoms with E-state index in [0.29, 0.717) is 11.7 Å². The van der Waals surface area contributed by atoms with Crippen LogP contribution in [0.3, 0.4) is 0 Å². The molecule has 0 bridgehead atoms. The van der Waals surface area contributed by atoms with Crippen LogP contribution in [0.4, 0.5) is 0 Å². The lowest BCUT2D eigenvalue weighted by atomic mass is 9.71. The Hall–Kier alpha value is -0.0200. The summed E-state index contributed by atoms with van der Waals surface area (Å²) in [5, 5.41) is 0.732. The first-order valence-corrected chi connectivity index (χ1v) is 7.92. The van der Waals surface area contributed by atoms with E-state index in [2.05, 4.69) is 37.4 Å². The molecule has 0 radical (unpaired) electrons. The van der Waals surface area contributed by atoms with E-state index in [1.807, 2.05) is 0 Å². The van der Waals surface area contributed by atoms with Crippen LogP contribution in [0.25, 0.3) is 0 Å². The molecule has 2 nitrogen and oxygen atoms in total. The van der Waals surface area contributed by atoms with Gasteiger partial charge in [-0.1, -0.05) is 27.2 Å². The zero-order chi connectivity index (χ0) is 12.5. The summed E-state index contributed by atoms with van der Waals surface area (Å²) >= 11 is 2.06. The predicted octanol–water partition coefficient (Wildman–Crippen LogP) is 2.82. The minimum absolute atomic E-state index is 0.0704. The van der Waals surface area contributed by atoms with E-state index in [1.54, 1.807) is 0 Å². The molecule has 0 amide bonds. The molecular formula is C14H25NOS. The zero-order valence-electron chi connectivity index (χ0n) is 11.4. The van der Waals surface area contributed by atoms with Gasteiger partial charge in [-0.05, 0) is 12.8 Å². The summed E-state index contributed by atoms with van der Waals surface area (Å²) in [5.74, 6) is 2.04. The van der Waals surface area contributed by atoms with Crippen LogP contribution in [0.1, 0.15) is 40.0 Å². The molecule has 2 atom stereocenters. The highest BCUT2D eigenvalue weighted by molar-refractivity contribution is 7.99. The average molecular weight is 255 g/mol. The number of carbonyl (C=O) groups excluding carboxylic acids is 1. The van der Waals surface area contributed by atoms with Crippen molar-refractivity contribution in [1.82, 2.24) is 4.90 Å². The summed E-state index contributed by atoms with van der Waals surface area (Å²) < 4.78 is 0. The lowest BCUT2D eigenvalue weighted by Gasteiger charge is -2.38. The molecule has 0 aromatic heterocycles. The second kappa shape index (κ2) is 5.31. The maximum absolute atomic E-state index is 12.4. The lowest BCUT2D eigenvalue weighted by molar-refractivity contribution is -0.135. The fraction of sp³-hybridized carbons (Fsp3) is 0.929. The molecule has 2 aliphatic rings. The molecule has 2 unspecified atom stereocenters. The van der Waals surface area contributed by atoms with E-state index in [-0.39, 0.29) is 5.41 Å². The molecule has 1 saturated carbocycles. The first kappa shape index (κ1) is 13.4.